The first-order chi connectivity index (χ1) is 20.4. The normalized spacial score (nSPS) is 20.0. The summed E-state index contributed by atoms with van der Waals surface area (Å²) in [4.78, 5) is 27.2. The van der Waals surface area contributed by atoms with Gasteiger partial charge in [-0.3, -0.25) is 9.80 Å². The van der Waals surface area contributed by atoms with Gasteiger partial charge in [0.15, 0.2) is 0 Å². The summed E-state index contributed by atoms with van der Waals surface area (Å²) in [5.41, 5.74) is 0. The third-order valence-corrected chi connectivity index (χ3v) is 9.23. The Morgan fingerprint density at radius 2 is 1.29 bits per heavy atom. The Kier molecular flexibility index (Phi) is 26.9. The number of nitrogens with two attached hydrogens (primary N) is 1. The van der Waals surface area contributed by atoms with E-state index in [0.29, 0.717) is 37.9 Å². The van der Waals surface area contributed by atoms with Gasteiger partial charge in [-0.05, 0) is 38.1 Å². The summed E-state index contributed by atoms with van der Waals surface area (Å²) in [5.74, 6) is -0.931. The molecule has 0 heterocycles. The van der Waals surface area contributed by atoms with Crippen molar-refractivity contribution in [3.63, 3.8) is 0 Å². The number of carboxylic acids is 2. The summed E-state index contributed by atoms with van der Waals surface area (Å²) in [7, 11) is 1.70. The van der Waals surface area contributed by atoms with Crippen LogP contribution in [-0.4, -0.2) is 130 Å². The zero-order chi connectivity index (χ0) is 32.4. The molecule has 12 nitrogen and oxygen atoms in total. The van der Waals surface area contributed by atoms with Crippen LogP contribution in [0.3, 0.4) is 0 Å². The number of carboxylic acid groups (broad SMARTS) is 2. The number of carbonyl (C=O) groups is 2. The molecule has 7 N–H and O–H groups in total. The summed E-state index contributed by atoms with van der Waals surface area (Å²) in [6.07, 6.45) is 8.30. The number of hydrogen-bond acceptors (Lipinski definition) is 11. The Hall–Kier alpha value is -0.861. The van der Waals surface area contributed by atoms with E-state index >= 15 is 0 Å². The van der Waals surface area contributed by atoms with Crippen molar-refractivity contribution in [2.24, 2.45) is 11.8 Å². The molecule has 0 saturated heterocycles. The Balaban J connectivity index is 0. The SMILES string of the molecule is C.CCN(CCN(CC(=O)[O-])C(C)CC1CCCCC1)C(CC1CCCCC1)C(=O)[O-].C[NH2+]C[C@H](O)[C@@H](O)[C@H](O)[C@H](O)CO.[Mn+2]. The summed E-state index contributed by atoms with van der Waals surface area (Å²) >= 11 is 0. The first kappa shape index (κ1) is 46.3. The predicted octanol–water partition coefficient (Wildman–Crippen LogP) is -1.94. The van der Waals surface area contributed by atoms with Crippen LogP contribution in [0.5, 0.6) is 0 Å². The molecule has 0 amide bonds. The fourth-order valence-corrected chi connectivity index (χ4v) is 6.54. The van der Waals surface area contributed by atoms with Crippen LogP contribution in [0.4, 0.5) is 0 Å². The largest absolute Gasteiger partial charge is 2.00 e. The van der Waals surface area contributed by atoms with E-state index in [4.69, 9.17) is 15.3 Å². The molecular formula is C32H64MnN3O9+. The number of carbonyl (C=O) groups excluding carboxylic acids is 2. The molecule has 2 aliphatic carbocycles. The predicted molar refractivity (Wildman–Crippen MR) is 165 cm³/mol. The minimum absolute atomic E-state index is 0. The summed E-state index contributed by atoms with van der Waals surface area (Å²) in [5, 5.41) is 69.9. The Morgan fingerprint density at radius 1 is 0.822 bits per heavy atom. The van der Waals surface area contributed by atoms with Gasteiger partial charge in [-0.1, -0.05) is 78.6 Å². The van der Waals surface area contributed by atoms with E-state index in [9.17, 15) is 30.0 Å². The van der Waals surface area contributed by atoms with E-state index in [2.05, 4.69) is 6.92 Å². The third kappa shape index (κ3) is 18.3. The van der Waals surface area contributed by atoms with Crippen molar-refractivity contribution < 1.29 is 67.7 Å². The van der Waals surface area contributed by atoms with Gasteiger partial charge >= 0.3 is 17.1 Å². The van der Waals surface area contributed by atoms with E-state index in [0.717, 1.165) is 19.3 Å². The topological polar surface area (TPSA) is 204 Å². The minimum Gasteiger partial charge on any atom is -0.549 e. The second-order valence-electron chi connectivity index (χ2n) is 12.6. The maximum Gasteiger partial charge on any atom is 2.00 e. The first-order valence-electron chi connectivity index (χ1n) is 16.4. The Bertz CT molecular complexity index is 755. The van der Waals surface area contributed by atoms with Crippen LogP contribution in [-0.2, 0) is 26.7 Å². The van der Waals surface area contributed by atoms with Crippen molar-refractivity contribution >= 4 is 11.9 Å². The quantitative estimate of drug-likeness (QED) is 0.0824. The van der Waals surface area contributed by atoms with Gasteiger partial charge in [0.05, 0.1) is 25.6 Å². The monoisotopic (exact) mass is 689 g/mol. The van der Waals surface area contributed by atoms with Gasteiger partial charge in [-0.2, -0.15) is 0 Å². The minimum atomic E-state index is -1.53. The number of nitrogens with zero attached hydrogens (tertiary/aromatic N) is 2. The molecule has 2 saturated carbocycles. The average Bonchev–Trinajstić information content (AvgIpc) is 3.00. The second kappa shape index (κ2) is 26.1. The van der Waals surface area contributed by atoms with Crippen molar-refractivity contribution in [2.75, 3.05) is 46.4 Å². The third-order valence-electron chi connectivity index (χ3n) is 9.23. The van der Waals surface area contributed by atoms with Crippen molar-refractivity contribution in [3.05, 3.63) is 0 Å². The van der Waals surface area contributed by atoms with Crippen LogP contribution in [0, 0.1) is 11.8 Å². The van der Waals surface area contributed by atoms with Gasteiger partial charge in [0, 0.05) is 31.7 Å². The zero-order valence-corrected chi connectivity index (χ0v) is 28.2. The van der Waals surface area contributed by atoms with Crippen LogP contribution >= 0.6 is 0 Å². The molecule has 0 spiro atoms. The maximum atomic E-state index is 11.9. The van der Waals surface area contributed by atoms with E-state index < -0.39 is 49.0 Å². The molecule has 2 fully saturated rings. The molecule has 0 aromatic rings. The number of quaternary nitrogens is 1. The average molecular weight is 690 g/mol. The van der Waals surface area contributed by atoms with E-state index in [-0.39, 0.29) is 43.6 Å². The van der Waals surface area contributed by atoms with Gasteiger partial charge < -0.3 is 50.7 Å². The molecule has 2 aliphatic rings. The summed E-state index contributed by atoms with van der Waals surface area (Å²) in [6.45, 7) is 5.27. The molecule has 267 valence electrons. The molecule has 0 aromatic carbocycles. The number of aliphatic hydroxyl groups is 5. The number of likely N-dealkylation sites (N-methyl/N-ethyl adjacent to an activating group) is 2. The van der Waals surface area contributed by atoms with Crippen molar-refractivity contribution in [2.45, 2.75) is 135 Å². The molecule has 0 aliphatic heterocycles. The molecule has 0 aromatic heterocycles. The molecular weight excluding hydrogens is 625 g/mol. The number of hydrogen-bond donors (Lipinski definition) is 6. The molecule has 13 heteroatoms. The molecule has 2 unspecified atom stereocenters. The smallest absolute Gasteiger partial charge is 0.549 e. The molecule has 0 bridgehead atoms. The fraction of sp³-hybridized carbons (Fsp3) is 0.938. The fourth-order valence-electron chi connectivity index (χ4n) is 6.54. The molecule has 45 heavy (non-hydrogen) atoms. The van der Waals surface area contributed by atoms with E-state index in [1.54, 1.807) is 12.4 Å². The summed E-state index contributed by atoms with van der Waals surface area (Å²) < 4.78 is 0. The van der Waals surface area contributed by atoms with Crippen LogP contribution in [0.15, 0.2) is 0 Å². The van der Waals surface area contributed by atoms with Crippen molar-refractivity contribution in [1.82, 2.24) is 9.80 Å². The number of aliphatic carboxylic acids is 2. The first-order valence-corrected chi connectivity index (χ1v) is 16.4. The van der Waals surface area contributed by atoms with E-state index in [1.165, 1.54) is 51.4 Å². The Labute approximate surface area is 282 Å². The van der Waals surface area contributed by atoms with Gasteiger partial charge in [-0.15, -0.1) is 0 Å². The van der Waals surface area contributed by atoms with Gasteiger partial charge in [0.1, 0.15) is 31.0 Å². The van der Waals surface area contributed by atoms with Crippen LogP contribution in [0.1, 0.15) is 98.3 Å². The Morgan fingerprint density at radius 3 is 1.71 bits per heavy atom. The van der Waals surface area contributed by atoms with Crippen molar-refractivity contribution in [3.8, 4) is 0 Å². The van der Waals surface area contributed by atoms with E-state index in [1.807, 2.05) is 16.7 Å². The molecule has 2 rings (SSSR count). The zero-order valence-electron chi connectivity index (χ0n) is 27.1. The second-order valence-corrected chi connectivity index (χ2v) is 12.6. The van der Waals surface area contributed by atoms with Crippen LogP contribution < -0.4 is 15.5 Å². The van der Waals surface area contributed by atoms with Gasteiger partial charge in [0.25, 0.3) is 0 Å². The van der Waals surface area contributed by atoms with Gasteiger partial charge in [0.2, 0.25) is 0 Å². The van der Waals surface area contributed by atoms with Crippen molar-refractivity contribution in [1.29, 1.82) is 0 Å². The molecule has 1 radical (unpaired) electrons. The number of aliphatic hydroxyl groups excluding tert-OH is 5. The van der Waals surface area contributed by atoms with Crippen LogP contribution in [0.25, 0.3) is 0 Å². The van der Waals surface area contributed by atoms with Gasteiger partial charge in [-0.25, -0.2) is 0 Å². The summed E-state index contributed by atoms with van der Waals surface area (Å²) in [6, 6.07) is -0.430. The maximum absolute atomic E-state index is 11.9. The van der Waals surface area contributed by atoms with Crippen LogP contribution in [0.2, 0.25) is 0 Å². The standard InChI is InChI=1S/C24H44N2O4.C7H17NO5.CH4.Mn/c1-3-25(22(24(29)30)17-21-12-8-5-9-13-21)14-15-26(18-23(27)28)19(2)16-20-10-6-4-7-11-20;1-8-2-4(10)6(12)7(13)5(11)3-9;;/h19-22H,3-18H2,1-2H3,(H,27,28)(H,29,30);4-13H,2-3H2,1H3;1H4;/q;;;+2/p-1/t;4-,5+,6+,7+;;/m.0../s1. The molecule has 6 atom stereocenters. The number of rotatable bonds is 19.